The number of benzene rings is 1. The second kappa shape index (κ2) is 5.73. The van der Waals surface area contributed by atoms with Gasteiger partial charge in [-0.25, -0.2) is 9.59 Å². The summed E-state index contributed by atoms with van der Waals surface area (Å²) in [5.74, 6) is -0.606. The number of fused-ring (bicyclic) bond motifs is 6. The molecule has 1 unspecified atom stereocenters. The molecule has 8 heteroatoms. The lowest BCUT2D eigenvalue weighted by Crippen LogP contribution is -2.55. The van der Waals surface area contributed by atoms with Gasteiger partial charge in [0.25, 0.3) is 0 Å². The number of likely N-dealkylation sites (N-methyl/N-ethyl adjacent to an activating group) is 1. The van der Waals surface area contributed by atoms with E-state index in [0.29, 0.717) is 18.8 Å². The molecule has 1 fully saturated rings. The van der Waals surface area contributed by atoms with Crippen molar-refractivity contribution in [3.63, 3.8) is 0 Å². The first kappa shape index (κ1) is 17.4. The molecule has 0 saturated carbocycles. The van der Waals surface area contributed by atoms with Gasteiger partial charge in [-0.3, -0.25) is 15.0 Å². The normalized spacial score (nSPS) is 19.3. The average Bonchev–Trinajstić information content (AvgIpc) is 2.93. The molecule has 2 bridgehead atoms. The number of hydrogen-bond acceptors (Lipinski definition) is 4. The fourth-order valence-electron chi connectivity index (χ4n) is 3.75. The van der Waals surface area contributed by atoms with Gasteiger partial charge in [0.2, 0.25) is 5.91 Å². The highest BCUT2D eigenvalue weighted by Gasteiger charge is 2.43. The van der Waals surface area contributed by atoms with Crippen LogP contribution < -0.4 is 5.32 Å². The summed E-state index contributed by atoms with van der Waals surface area (Å²) in [6, 6.07) is 5.21. The predicted octanol–water partition coefficient (Wildman–Crippen LogP) is 3.01. The van der Waals surface area contributed by atoms with Crippen LogP contribution in [-0.2, 0) is 16.1 Å². The minimum Gasteiger partial charge on any atom is -0.444 e. The average molecular weight is 370 g/mol. The van der Waals surface area contributed by atoms with E-state index < -0.39 is 17.6 Å². The molecule has 1 aromatic heterocycles. The number of anilines is 1. The lowest BCUT2D eigenvalue weighted by molar-refractivity contribution is -0.132. The van der Waals surface area contributed by atoms with Crippen LogP contribution >= 0.6 is 0 Å². The molecule has 0 aliphatic carbocycles. The number of hydrogen-bond donors (Lipinski definition) is 2. The predicted molar refractivity (Wildman–Crippen MR) is 99.5 cm³/mol. The molecule has 2 aromatic rings. The highest BCUT2D eigenvalue weighted by atomic mass is 16.6. The molecule has 8 nitrogen and oxygen atoms in total. The van der Waals surface area contributed by atoms with E-state index in [4.69, 9.17) is 4.74 Å². The quantitative estimate of drug-likeness (QED) is 0.807. The summed E-state index contributed by atoms with van der Waals surface area (Å²) in [7, 11) is 1.51. The Labute approximate surface area is 156 Å². The summed E-state index contributed by atoms with van der Waals surface area (Å²) in [4.78, 5) is 43.1. The smallest absolute Gasteiger partial charge is 0.412 e. The Hall–Kier alpha value is -3.03. The Morgan fingerprint density at radius 2 is 2.04 bits per heavy atom. The molecule has 2 aliphatic heterocycles. The number of amides is 4. The zero-order valence-electron chi connectivity index (χ0n) is 15.8. The van der Waals surface area contributed by atoms with Crippen molar-refractivity contribution in [1.82, 2.24) is 14.8 Å². The molecule has 2 aliphatic rings. The fraction of sp³-hybridized carbons (Fsp3) is 0.421. The van der Waals surface area contributed by atoms with Crippen molar-refractivity contribution in [3.8, 4) is 0 Å². The minimum atomic E-state index is -0.587. The molecule has 1 atom stereocenters. The van der Waals surface area contributed by atoms with Crippen LogP contribution in [0.3, 0.4) is 0 Å². The molecule has 0 radical (unpaired) electrons. The number of aromatic nitrogens is 1. The summed E-state index contributed by atoms with van der Waals surface area (Å²) in [5.41, 5.74) is 2.64. The van der Waals surface area contributed by atoms with Crippen LogP contribution in [0.4, 0.5) is 15.3 Å². The summed E-state index contributed by atoms with van der Waals surface area (Å²) >= 11 is 0. The number of ether oxygens (including phenoxy) is 1. The fourth-order valence-corrected chi connectivity index (χ4v) is 3.75. The van der Waals surface area contributed by atoms with Crippen LogP contribution in [0.5, 0.6) is 0 Å². The lowest BCUT2D eigenvalue weighted by Gasteiger charge is -2.40. The van der Waals surface area contributed by atoms with Crippen LogP contribution in [0.2, 0.25) is 0 Å². The van der Waals surface area contributed by atoms with Gasteiger partial charge in [-0.1, -0.05) is 0 Å². The van der Waals surface area contributed by atoms with Crippen molar-refractivity contribution in [2.75, 3.05) is 18.9 Å². The zero-order valence-corrected chi connectivity index (χ0v) is 15.8. The van der Waals surface area contributed by atoms with E-state index in [1.165, 1.54) is 11.9 Å². The Balaban J connectivity index is 1.71. The maximum absolute atomic E-state index is 12.6. The second-order valence-electron chi connectivity index (χ2n) is 8.02. The van der Waals surface area contributed by atoms with Gasteiger partial charge in [0, 0.05) is 35.9 Å². The first-order valence-corrected chi connectivity index (χ1v) is 8.85. The van der Waals surface area contributed by atoms with Crippen LogP contribution in [0.15, 0.2) is 18.2 Å². The number of carbonyl (C=O) groups is 3. The summed E-state index contributed by atoms with van der Waals surface area (Å²) in [6.07, 6.45) is -0.531. The highest BCUT2D eigenvalue weighted by molar-refractivity contribution is 6.04. The molecule has 4 rings (SSSR count). The van der Waals surface area contributed by atoms with Crippen LogP contribution in [0.25, 0.3) is 10.9 Å². The largest absolute Gasteiger partial charge is 0.444 e. The minimum absolute atomic E-state index is 0.205. The number of imide groups is 1. The molecule has 27 heavy (non-hydrogen) atoms. The topological polar surface area (TPSA) is 94.7 Å². The molecular weight excluding hydrogens is 348 g/mol. The van der Waals surface area contributed by atoms with Crippen molar-refractivity contribution < 1.29 is 19.1 Å². The molecule has 4 amide bonds. The number of nitrogens with one attached hydrogen (secondary N) is 2. The number of carbonyl (C=O) groups excluding carboxylic acids is 3. The number of aromatic amines is 1. The molecule has 3 heterocycles. The third-order valence-corrected chi connectivity index (χ3v) is 4.85. The number of nitrogens with zero attached hydrogens (tertiary/aromatic N) is 2. The van der Waals surface area contributed by atoms with E-state index in [2.05, 4.69) is 10.3 Å². The third-order valence-electron chi connectivity index (χ3n) is 4.85. The van der Waals surface area contributed by atoms with Crippen LogP contribution in [0, 0.1) is 0 Å². The number of urea groups is 1. The molecular formula is C19H22N4O4. The zero-order chi connectivity index (χ0) is 19.5. The van der Waals surface area contributed by atoms with Crippen molar-refractivity contribution in [2.24, 2.45) is 0 Å². The van der Waals surface area contributed by atoms with E-state index in [9.17, 15) is 14.4 Å². The maximum atomic E-state index is 12.6. The van der Waals surface area contributed by atoms with Crippen molar-refractivity contribution in [1.29, 1.82) is 0 Å². The van der Waals surface area contributed by atoms with Crippen LogP contribution in [0.1, 0.15) is 37.9 Å². The molecule has 0 spiro atoms. The van der Waals surface area contributed by atoms with Gasteiger partial charge in [-0.05, 0) is 44.5 Å². The molecule has 1 saturated heterocycles. The van der Waals surface area contributed by atoms with E-state index in [1.807, 2.05) is 12.1 Å². The van der Waals surface area contributed by atoms with Gasteiger partial charge in [0.1, 0.15) is 5.60 Å². The third kappa shape index (κ3) is 2.90. The first-order valence-electron chi connectivity index (χ1n) is 8.85. The number of rotatable bonds is 1. The Kier molecular flexibility index (Phi) is 3.69. The van der Waals surface area contributed by atoms with Gasteiger partial charge in [-0.15, -0.1) is 0 Å². The SMILES string of the molecule is CN1C(=O)C2CN(Cc3[nH]c4ccc(NC(=O)OC(C)(C)C)cc4c32)C1=O. The maximum Gasteiger partial charge on any atom is 0.412 e. The van der Waals surface area contributed by atoms with Gasteiger partial charge in [0.05, 0.1) is 12.5 Å². The van der Waals surface area contributed by atoms with Crippen LogP contribution in [-0.4, -0.2) is 52.0 Å². The Bertz CT molecular complexity index is 972. The van der Waals surface area contributed by atoms with Gasteiger partial charge in [-0.2, -0.15) is 0 Å². The Morgan fingerprint density at radius 1 is 1.30 bits per heavy atom. The van der Waals surface area contributed by atoms with Gasteiger partial charge < -0.3 is 14.6 Å². The van der Waals surface area contributed by atoms with E-state index >= 15 is 0 Å². The molecule has 142 valence electrons. The summed E-state index contributed by atoms with van der Waals surface area (Å²) in [5, 5.41) is 3.61. The summed E-state index contributed by atoms with van der Waals surface area (Å²) < 4.78 is 5.29. The van der Waals surface area contributed by atoms with Crippen molar-refractivity contribution >= 4 is 34.6 Å². The highest BCUT2D eigenvalue weighted by Crippen LogP contribution is 2.39. The summed E-state index contributed by atoms with van der Waals surface area (Å²) in [6.45, 7) is 6.22. The van der Waals surface area contributed by atoms with E-state index in [0.717, 1.165) is 22.2 Å². The Morgan fingerprint density at radius 3 is 2.74 bits per heavy atom. The standard InChI is InChI=1S/C19H22N4O4/c1-19(2,3)27-17(25)20-10-5-6-13-11(7-10)15-12-8-23(9-14(15)21-13)18(26)22(4)16(12)24/h5-7,12,21H,8-9H2,1-4H3,(H,20,25). The first-order chi connectivity index (χ1) is 12.6. The second-order valence-corrected chi connectivity index (χ2v) is 8.02. The van der Waals surface area contributed by atoms with Crippen molar-refractivity contribution in [2.45, 2.75) is 38.8 Å². The van der Waals surface area contributed by atoms with E-state index in [-0.39, 0.29) is 11.9 Å². The molecule has 1 aromatic carbocycles. The van der Waals surface area contributed by atoms with Gasteiger partial charge >= 0.3 is 12.1 Å². The lowest BCUT2D eigenvalue weighted by atomic mass is 9.89. The monoisotopic (exact) mass is 370 g/mol. The van der Waals surface area contributed by atoms with Crippen molar-refractivity contribution in [3.05, 3.63) is 29.5 Å². The van der Waals surface area contributed by atoms with Gasteiger partial charge in [0.15, 0.2) is 0 Å². The van der Waals surface area contributed by atoms with E-state index in [1.54, 1.807) is 31.7 Å². The molecule has 2 N–H and O–H groups in total. The number of H-pyrrole nitrogens is 1.